The minimum absolute atomic E-state index is 0.388. The largest absolute Gasteiger partial charge is 0.378 e. The molecule has 0 saturated heterocycles. The van der Waals surface area contributed by atoms with Crippen LogP contribution in [0.1, 0.15) is 59.8 Å². The maximum Gasteiger partial charge on any atom is 0.0547 e. The Kier molecular flexibility index (Phi) is 8.96. The highest BCUT2D eigenvalue weighted by Crippen LogP contribution is 2.24. The highest BCUT2D eigenvalue weighted by molar-refractivity contribution is 4.74. The lowest BCUT2D eigenvalue weighted by molar-refractivity contribution is 0.0372. The van der Waals surface area contributed by atoms with Crippen LogP contribution in [-0.2, 0) is 4.74 Å². The molecule has 0 aromatic rings. The van der Waals surface area contributed by atoms with E-state index in [-0.39, 0.29) is 0 Å². The smallest absolute Gasteiger partial charge is 0.0547 e. The molecule has 0 saturated carbocycles. The van der Waals surface area contributed by atoms with E-state index in [0.717, 1.165) is 19.6 Å². The average Bonchev–Trinajstić information content (AvgIpc) is 2.26. The van der Waals surface area contributed by atoms with Gasteiger partial charge in [-0.05, 0) is 38.6 Å². The van der Waals surface area contributed by atoms with Crippen molar-refractivity contribution in [3.8, 4) is 0 Å². The predicted molar refractivity (Wildman–Crippen MR) is 71.9 cm³/mol. The first-order chi connectivity index (χ1) is 7.58. The molecule has 0 aliphatic heterocycles. The summed E-state index contributed by atoms with van der Waals surface area (Å²) in [6, 6.07) is 0. The van der Waals surface area contributed by atoms with Crippen LogP contribution in [0.5, 0.6) is 0 Å². The van der Waals surface area contributed by atoms with Gasteiger partial charge in [0.25, 0.3) is 0 Å². The van der Waals surface area contributed by atoms with Gasteiger partial charge >= 0.3 is 0 Å². The third-order valence-electron chi connectivity index (χ3n) is 3.53. The number of unbranched alkanes of at least 4 members (excludes halogenated alkanes) is 1. The zero-order valence-corrected chi connectivity index (χ0v) is 11.9. The highest BCUT2D eigenvalue weighted by Gasteiger charge is 2.20. The number of nitrogens with one attached hydrogen (secondary N) is 1. The molecule has 2 heteroatoms. The van der Waals surface area contributed by atoms with Crippen molar-refractivity contribution in [2.75, 3.05) is 20.2 Å². The van der Waals surface area contributed by atoms with Crippen molar-refractivity contribution < 1.29 is 4.74 Å². The summed E-state index contributed by atoms with van der Waals surface area (Å²) < 4.78 is 5.86. The van der Waals surface area contributed by atoms with E-state index >= 15 is 0 Å². The average molecular weight is 229 g/mol. The SMILES string of the molecule is CCCCC(C)OCCC(C)(CC)CNC. The summed E-state index contributed by atoms with van der Waals surface area (Å²) in [6.45, 7) is 11.0. The van der Waals surface area contributed by atoms with Gasteiger partial charge in [-0.25, -0.2) is 0 Å². The van der Waals surface area contributed by atoms with Crippen molar-refractivity contribution in [1.29, 1.82) is 0 Å². The summed E-state index contributed by atoms with van der Waals surface area (Å²) in [6.07, 6.45) is 6.53. The Hall–Kier alpha value is -0.0800. The van der Waals surface area contributed by atoms with E-state index in [1.54, 1.807) is 0 Å². The lowest BCUT2D eigenvalue weighted by atomic mass is 9.84. The monoisotopic (exact) mass is 229 g/mol. The molecule has 0 radical (unpaired) electrons. The van der Waals surface area contributed by atoms with Gasteiger partial charge in [0.2, 0.25) is 0 Å². The molecule has 0 heterocycles. The Morgan fingerprint density at radius 1 is 1.31 bits per heavy atom. The Morgan fingerprint density at radius 2 is 2.00 bits per heavy atom. The van der Waals surface area contributed by atoms with Gasteiger partial charge in [0.15, 0.2) is 0 Å². The first-order valence-corrected chi connectivity index (χ1v) is 6.84. The van der Waals surface area contributed by atoms with Crippen molar-refractivity contribution >= 4 is 0 Å². The quantitative estimate of drug-likeness (QED) is 0.618. The van der Waals surface area contributed by atoms with E-state index in [2.05, 4.69) is 33.0 Å². The van der Waals surface area contributed by atoms with Crippen molar-refractivity contribution in [1.82, 2.24) is 5.32 Å². The zero-order chi connectivity index (χ0) is 12.4. The van der Waals surface area contributed by atoms with E-state index in [9.17, 15) is 0 Å². The van der Waals surface area contributed by atoms with E-state index in [1.165, 1.54) is 25.7 Å². The van der Waals surface area contributed by atoms with Crippen molar-refractivity contribution in [2.45, 2.75) is 65.9 Å². The van der Waals surface area contributed by atoms with Crippen LogP contribution in [0.3, 0.4) is 0 Å². The molecule has 0 aromatic carbocycles. The van der Waals surface area contributed by atoms with Crippen LogP contribution in [0.4, 0.5) is 0 Å². The summed E-state index contributed by atoms with van der Waals surface area (Å²) in [5.41, 5.74) is 0.388. The minimum atomic E-state index is 0.388. The van der Waals surface area contributed by atoms with Crippen molar-refractivity contribution in [3.05, 3.63) is 0 Å². The fourth-order valence-electron chi connectivity index (χ4n) is 1.90. The van der Waals surface area contributed by atoms with Crippen molar-refractivity contribution in [3.63, 3.8) is 0 Å². The molecule has 0 rings (SSSR count). The van der Waals surface area contributed by atoms with Crippen LogP contribution in [-0.4, -0.2) is 26.3 Å². The Labute approximate surface area is 102 Å². The molecular weight excluding hydrogens is 198 g/mol. The van der Waals surface area contributed by atoms with Crippen LogP contribution in [0.2, 0.25) is 0 Å². The third kappa shape index (κ3) is 7.24. The second kappa shape index (κ2) is 9.00. The van der Waals surface area contributed by atoms with Gasteiger partial charge in [0.1, 0.15) is 0 Å². The minimum Gasteiger partial charge on any atom is -0.378 e. The first kappa shape index (κ1) is 15.9. The standard InChI is InChI=1S/C14H31NO/c1-6-8-9-13(3)16-11-10-14(4,7-2)12-15-5/h13,15H,6-12H2,1-5H3. The molecule has 0 aromatic heterocycles. The van der Waals surface area contributed by atoms with Gasteiger partial charge in [0.05, 0.1) is 6.10 Å². The maximum atomic E-state index is 5.86. The van der Waals surface area contributed by atoms with Crippen LogP contribution >= 0.6 is 0 Å². The summed E-state index contributed by atoms with van der Waals surface area (Å²) in [7, 11) is 2.03. The van der Waals surface area contributed by atoms with E-state index < -0.39 is 0 Å². The molecule has 1 N–H and O–H groups in total. The Morgan fingerprint density at radius 3 is 2.50 bits per heavy atom. The van der Waals surface area contributed by atoms with Crippen molar-refractivity contribution in [2.24, 2.45) is 5.41 Å². The summed E-state index contributed by atoms with van der Waals surface area (Å²) >= 11 is 0. The number of ether oxygens (including phenoxy) is 1. The van der Waals surface area contributed by atoms with E-state index in [1.807, 2.05) is 7.05 Å². The normalized spacial score (nSPS) is 17.1. The fourth-order valence-corrected chi connectivity index (χ4v) is 1.90. The zero-order valence-electron chi connectivity index (χ0n) is 11.9. The highest BCUT2D eigenvalue weighted by atomic mass is 16.5. The van der Waals surface area contributed by atoms with Gasteiger partial charge < -0.3 is 10.1 Å². The van der Waals surface area contributed by atoms with Gasteiger partial charge in [-0.1, -0.05) is 33.6 Å². The maximum absolute atomic E-state index is 5.86. The predicted octanol–water partition coefficient (Wildman–Crippen LogP) is 3.61. The van der Waals surface area contributed by atoms with Crippen LogP contribution in [0.25, 0.3) is 0 Å². The lowest BCUT2D eigenvalue weighted by Gasteiger charge is -2.28. The summed E-state index contributed by atoms with van der Waals surface area (Å²) in [5.74, 6) is 0. The molecule has 0 aliphatic carbocycles. The topological polar surface area (TPSA) is 21.3 Å². The molecular formula is C14H31NO. The van der Waals surface area contributed by atoms with Crippen LogP contribution in [0.15, 0.2) is 0 Å². The van der Waals surface area contributed by atoms with E-state index in [4.69, 9.17) is 4.74 Å². The van der Waals surface area contributed by atoms with Crippen LogP contribution in [0, 0.1) is 5.41 Å². The summed E-state index contributed by atoms with van der Waals surface area (Å²) in [5, 5.41) is 3.28. The molecule has 2 unspecified atom stereocenters. The molecule has 0 fully saturated rings. The van der Waals surface area contributed by atoms with E-state index in [0.29, 0.717) is 11.5 Å². The Balaban J connectivity index is 3.69. The molecule has 0 bridgehead atoms. The van der Waals surface area contributed by atoms with Gasteiger partial charge in [-0.3, -0.25) is 0 Å². The van der Waals surface area contributed by atoms with Gasteiger partial charge in [-0.2, -0.15) is 0 Å². The fraction of sp³-hybridized carbons (Fsp3) is 1.00. The second-order valence-electron chi connectivity index (χ2n) is 5.27. The molecule has 0 spiro atoms. The van der Waals surface area contributed by atoms with Gasteiger partial charge in [-0.15, -0.1) is 0 Å². The lowest BCUT2D eigenvalue weighted by Crippen LogP contribution is -2.30. The Bertz CT molecular complexity index is 161. The second-order valence-corrected chi connectivity index (χ2v) is 5.27. The summed E-state index contributed by atoms with van der Waals surface area (Å²) in [4.78, 5) is 0. The molecule has 2 nitrogen and oxygen atoms in total. The number of hydrogen-bond acceptors (Lipinski definition) is 2. The van der Waals surface area contributed by atoms with Crippen LogP contribution < -0.4 is 5.32 Å². The third-order valence-corrected chi connectivity index (χ3v) is 3.53. The molecule has 0 amide bonds. The molecule has 2 atom stereocenters. The first-order valence-electron chi connectivity index (χ1n) is 6.84. The number of rotatable bonds is 10. The molecule has 0 aliphatic rings. The molecule has 16 heavy (non-hydrogen) atoms. The van der Waals surface area contributed by atoms with Gasteiger partial charge in [0, 0.05) is 13.2 Å². The molecule has 98 valence electrons. The number of hydrogen-bond donors (Lipinski definition) is 1.